The maximum absolute atomic E-state index is 13.1. The Hall–Kier alpha value is -1.94. The summed E-state index contributed by atoms with van der Waals surface area (Å²) in [4.78, 5) is 73.0. The summed E-state index contributed by atoms with van der Waals surface area (Å²) in [5.41, 5.74) is 0. The van der Waals surface area contributed by atoms with Gasteiger partial charge in [-0.15, -0.1) is 0 Å². The van der Waals surface area contributed by atoms with Crippen LogP contribution in [0.15, 0.2) is 0 Å². The van der Waals surface area contributed by atoms with Gasteiger partial charge < -0.3 is 33.8 Å². The van der Waals surface area contributed by atoms with Crippen LogP contribution in [0.25, 0.3) is 0 Å². The van der Waals surface area contributed by atoms with E-state index in [1.807, 2.05) is 0 Å². The quantitative estimate of drug-likeness (QED) is 0.0222. The minimum atomic E-state index is -4.96. The summed E-state index contributed by atoms with van der Waals surface area (Å²) in [6.07, 6.45) is 54.1. The van der Waals surface area contributed by atoms with E-state index in [2.05, 4.69) is 55.4 Å². The average Bonchev–Trinajstić information content (AvgIpc) is 1.26. The van der Waals surface area contributed by atoms with Crippen LogP contribution in [-0.2, 0) is 65.4 Å². The van der Waals surface area contributed by atoms with E-state index >= 15 is 0 Å². The van der Waals surface area contributed by atoms with Gasteiger partial charge in [0.15, 0.2) is 12.2 Å². The molecule has 0 heterocycles. The molecule has 0 amide bonds. The summed E-state index contributed by atoms with van der Waals surface area (Å²) < 4.78 is 68.7. The van der Waals surface area contributed by atoms with Crippen LogP contribution in [0.3, 0.4) is 0 Å². The molecular weight excluding hydrogens is 1280 g/mol. The molecule has 17 nitrogen and oxygen atoms in total. The molecule has 0 aliphatic heterocycles. The molecule has 0 aliphatic carbocycles. The Balaban J connectivity index is 5.25. The largest absolute Gasteiger partial charge is 0.472 e. The molecule has 582 valence electrons. The molecule has 0 rings (SSSR count). The van der Waals surface area contributed by atoms with Gasteiger partial charge in [-0.1, -0.05) is 351 Å². The number of phosphoric ester groups is 2. The van der Waals surface area contributed by atoms with Crippen LogP contribution in [0.5, 0.6) is 0 Å². The molecule has 0 aromatic rings. The summed E-state index contributed by atoms with van der Waals surface area (Å²) >= 11 is 0. The summed E-state index contributed by atoms with van der Waals surface area (Å²) in [7, 11) is -9.92. The molecule has 2 unspecified atom stereocenters. The van der Waals surface area contributed by atoms with Gasteiger partial charge >= 0.3 is 39.5 Å². The van der Waals surface area contributed by atoms with E-state index in [9.17, 15) is 43.2 Å². The highest BCUT2D eigenvalue weighted by atomic mass is 31.2. The standard InChI is InChI=1S/C79H154O17P2/c1-69(2)55-47-39-31-23-15-13-11-9-10-12-14-16-29-37-45-53-61-78(83)95-74(65-89-76(81)59-51-43-35-27-20-17-24-32-40-48-56-70(3)4)67-93-97(85,86)91-63-73(80)64-92-98(87,88)94-68-75(96-79(84)62-54-46-38-30-22-19-26-34-42-50-58-72(7)8)66-90-77(82)60-52-44-36-28-21-18-25-33-41-49-57-71(5)6/h69-75,80H,9-68H2,1-8H3,(H,85,86)(H,87,88)/t73-,74-,75-/m1/s1. The Labute approximate surface area is 600 Å². The molecule has 0 spiro atoms. The Bertz CT molecular complexity index is 1920. The van der Waals surface area contributed by atoms with E-state index in [0.29, 0.717) is 25.7 Å². The van der Waals surface area contributed by atoms with Crippen molar-refractivity contribution in [2.45, 2.75) is 420 Å². The molecule has 0 saturated heterocycles. The molecule has 98 heavy (non-hydrogen) atoms. The van der Waals surface area contributed by atoms with E-state index in [4.69, 9.17) is 37.0 Å². The lowest BCUT2D eigenvalue weighted by molar-refractivity contribution is -0.161. The summed E-state index contributed by atoms with van der Waals surface area (Å²) in [5.74, 6) is 0.962. The molecule has 0 radical (unpaired) electrons. The second-order valence-corrected chi connectivity index (χ2v) is 33.3. The fourth-order valence-corrected chi connectivity index (χ4v) is 13.7. The van der Waals surface area contributed by atoms with Crippen molar-refractivity contribution in [1.29, 1.82) is 0 Å². The van der Waals surface area contributed by atoms with Crippen LogP contribution in [0.2, 0.25) is 0 Å². The summed E-state index contributed by atoms with van der Waals surface area (Å²) in [6.45, 7) is 14.2. The van der Waals surface area contributed by atoms with E-state index in [1.54, 1.807) is 0 Å². The molecule has 0 bridgehead atoms. The molecule has 0 fully saturated rings. The normalized spacial score (nSPS) is 14.1. The molecule has 0 saturated carbocycles. The maximum atomic E-state index is 13.1. The topological polar surface area (TPSA) is 237 Å². The minimum absolute atomic E-state index is 0.105. The van der Waals surface area contributed by atoms with Crippen molar-refractivity contribution in [3.05, 3.63) is 0 Å². The summed E-state index contributed by atoms with van der Waals surface area (Å²) in [5, 5.41) is 10.6. The third-order valence-electron chi connectivity index (χ3n) is 18.3. The molecule has 0 aromatic carbocycles. The molecule has 19 heteroatoms. The van der Waals surface area contributed by atoms with Crippen LogP contribution in [0.4, 0.5) is 0 Å². The molecule has 0 aromatic heterocycles. The smallest absolute Gasteiger partial charge is 0.462 e. The zero-order valence-corrected chi connectivity index (χ0v) is 66.2. The third kappa shape index (κ3) is 72.4. The maximum Gasteiger partial charge on any atom is 0.472 e. The highest BCUT2D eigenvalue weighted by Gasteiger charge is 2.30. The number of hydrogen-bond acceptors (Lipinski definition) is 15. The van der Waals surface area contributed by atoms with Gasteiger partial charge in [0.05, 0.1) is 26.4 Å². The first-order valence-corrected chi connectivity index (χ1v) is 43.7. The van der Waals surface area contributed by atoms with Gasteiger partial charge in [-0.3, -0.25) is 37.3 Å². The predicted molar refractivity (Wildman–Crippen MR) is 400 cm³/mol. The van der Waals surface area contributed by atoms with Crippen molar-refractivity contribution in [2.75, 3.05) is 39.6 Å². The Kier molecular flexibility index (Phi) is 66.8. The second kappa shape index (κ2) is 68.2. The highest BCUT2D eigenvalue weighted by Crippen LogP contribution is 2.45. The number of rotatable bonds is 76. The van der Waals surface area contributed by atoms with Gasteiger partial charge in [0.2, 0.25) is 0 Å². The molecule has 5 atom stereocenters. The second-order valence-electron chi connectivity index (χ2n) is 30.4. The number of carbonyl (C=O) groups is 4. The Morgan fingerprint density at radius 3 is 0.633 bits per heavy atom. The highest BCUT2D eigenvalue weighted by molar-refractivity contribution is 7.47. The van der Waals surface area contributed by atoms with Crippen molar-refractivity contribution >= 4 is 39.5 Å². The van der Waals surface area contributed by atoms with Crippen LogP contribution in [-0.4, -0.2) is 96.7 Å². The van der Waals surface area contributed by atoms with E-state index in [0.717, 1.165) is 114 Å². The van der Waals surface area contributed by atoms with Crippen LogP contribution in [0.1, 0.15) is 402 Å². The van der Waals surface area contributed by atoms with Crippen LogP contribution < -0.4 is 0 Å². The monoisotopic (exact) mass is 1440 g/mol. The number of hydrogen-bond donors (Lipinski definition) is 3. The van der Waals surface area contributed by atoms with Crippen molar-refractivity contribution in [1.82, 2.24) is 0 Å². The zero-order valence-electron chi connectivity index (χ0n) is 64.4. The van der Waals surface area contributed by atoms with Gasteiger partial charge in [-0.2, -0.15) is 0 Å². The number of esters is 4. The molecule has 0 aliphatic rings. The first-order chi connectivity index (χ1) is 47.1. The van der Waals surface area contributed by atoms with Crippen LogP contribution >= 0.6 is 15.6 Å². The van der Waals surface area contributed by atoms with Gasteiger partial charge in [-0.25, -0.2) is 9.13 Å². The van der Waals surface area contributed by atoms with Gasteiger partial charge in [-0.05, 0) is 49.4 Å². The number of unbranched alkanes of at least 4 members (excludes halogenated alkanes) is 42. The van der Waals surface area contributed by atoms with Crippen molar-refractivity contribution < 1.29 is 80.2 Å². The van der Waals surface area contributed by atoms with Crippen LogP contribution in [0, 0.1) is 23.7 Å². The van der Waals surface area contributed by atoms with Crippen molar-refractivity contribution in [2.24, 2.45) is 23.7 Å². The van der Waals surface area contributed by atoms with Gasteiger partial charge in [0, 0.05) is 25.7 Å². The predicted octanol–water partition coefficient (Wildman–Crippen LogP) is 23.2. The first-order valence-electron chi connectivity index (χ1n) is 40.7. The average molecular weight is 1440 g/mol. The fourth-order valence-electron chi connectivity index (χ4n) is 12.1. The lowest BCUT2D eigenvalue weighted by Gasteiger charge is -2.21. The summed E-state index contributed by atoms with van der Waals surface area (Å²) in [6, 6.07) is 0. The Morgan fingerprint density at radius 2 is 0.429 bits per heavy atom. The Morgan fingerprint density at radius 1 is 0.255 bits per heavy atom. The fraction of sp³-hybridized carbons (Fsp3) is 0.949. The number of aliphatic hydroxyl groups is 1. The van der Waals surface area contributed by atoms with E-state index in [1.165, 1.54) is 205 Å². The number of ether oxygens (including phenoxy) is 4. The van der Waals surface area contributed by atoms with E-state index in [-0.39, 0.29) is 25.7 Å². The molecule has 3 N–H and O–H groups in total. The number of carbonyl (C=O) groups excluding carboxylic acids is 4. The number of aliphatic hydroxyl groups excluding tert-OH is 1. The lowest BCUT2D eigenvalue weighted by Crippen LogP contribution is -2.30. The van der Waals surface area contributed by atoms with E-state index < -0.39 is 97.5 Å². The van der Waals surface area contributed by atoms with Gasteiger partial charge in [0.1, 0.15) is 19.3 Å². The minimum Gasteiger partial charge on any atom is -0.462 e. The SMILES string of the molecule is CC(C)CCCCCCCCCCCCCCCCCCC(=O)O[C@H](COC(=O)CCCCCCCCCCCCC(C)C)COP(=O)(O)OC[C@@H](O)COP(=O)(O)OC[C@@H](COC(=O)CCCCCCCCCCCCC(C)C)OC(=O)CCCCCCCCCCCCC(C)C. The molecular formula is C79H154O17P2. The van der Waals surface area contributed by atoms with Crippen molar-refractivity contribution in [3.63, 3.8) is 0 Å². The first kappa shape index (κ1) is 96.1. The zero-order chi connectivity index (χ0) is 72.4. The number of phosphoric acid groups is 2. The van der Waals surface area contributed by atoms with Gasteiger partial charge in [0.25, 0.3) is 0 Å². The lowest BCUT2D eigenvalue weighted by atomic mass is 10.0. The van der Waals surface area contributed by atoms with Crippen molar-refractivity contribution in [3.8, 4) is 0 Å². The third-order valence-corrected chi connectivity index (χ3v) is 20.2.